The van der Waals surface area contributed by atoms with E-state index >= 15 is 0 Å². The van der Waals surface area contributed by atoms with E-state index in [1.165, 1.54) is 16.7 Å². The molecular formula is C28H40N4. The molecule has 0 aromatic heterocycles. The average molecular weight is 433 g/mol. The SMILES string of the molecule is C=C/C=C(C)\C(CC=C)=C1\C=CC(C(=N)/C=C\C(=N)N(C)C2CC(C)NC(C)(C)C2)=CC1. The Morgan fingerprint density at radius 2 is 1.97 bits per heavy atom. The van der Waals surface area contributed by atoms with Crippen LogP contribution in [0.5, 0.6) is 0 Å². The first kappa shape index (κ1) is 25.5. The number of rotatable bonds is 8. The molecule has 0 bridgehead atoms. The van der Waals surface area contributed by atoms with E-state index in [0.29, 0.717) is 23.6 Å². The first-order valence-corrected chi connectivity index (χ1v) is 11.4. The number of piperidine rings is 1. The molecule has 0 radical (unpaired) electrons. The van der Waals surface area contributed by atoms with E-state index in [9.17, 15) is 0 Å². The van der Waals surface area contributed by atoms with Crippen LogP contribution in [0.3, 0.4) is 0 Å². The van der Waals surface area contributed by atoms with E-state index < -0.39 is 0 Å². The van der Waals surface area contributed by atoms with Gasteiger partial charge in [-0.15, -0.1) is 6.58 Å². The Balaban J connectivity index is 2.05. The van der Waals surface area contributed by atoms with Crippen molar-refractivity contribution in [3.8, 4) is 0 Å². The average Bonchev–Trinajstić information content (AvgIpc) is 2.73. The number of nitrogens with zero attached hydrogens (tertiary/aromatic N) is 1. The zero-order chi connectivity index (χ0) is 23.9. The van der Waals surface area contributed by atoms with Gasteiger partial charge in [0, 0.05) is 24.7 Å². The fourth-order valence-electron chi connectivity index (χ4n) is 4.67. The van der Waals surface area contributed by atoms with E-state index in [-0.39, 0.29) is 5.54 Å². The first-order valence-electron chi connectivity index (χ1n) is 11.4. The lowest BCUT2D eigenvalue weighted by atomic mass is 9.85. The monoisotopic (exact) mass is 432 g/mol. The Bertz CT molecular complexity index is 908. The molecule has 1 aliphatic heterocycles. The summed E-state index contributed by atoms with van der Waals surface area (Å²) < 4.78 is 0. The topological polar surface area (TPSA) is 63.0 Å². The predicted octanol–water partition coefficient (Wildman–Crippen LogP) is 6.28. The standard InChI is InChI=1S/C28H40N4/c1-8-10-20(3)25(11-9-2)22-12-14-23(15-13-22)26(29)16-17-27(30)32(7)24-18-21(4)31-28(5,6)19-24/h8-10,12,14-17,21,24,29-31H,1-2,11,13,18-19H2,3-7H3/b17-16-,20-10-,25-22-,29-26?,30-27?. The highest BCUT2D eigenvalue weighted by molar-refractivity contribution is 6.11. The maximum Gasteiger partial charge on any atom is 0.120 e. The van der Waals surface area contributed by atoms with Gasteiger partial charge in [-0.2, -0.15) is 0 Å². The second-order valence-electron chi connectivity index (χ2n) is 9.54. The van der Waals surface area contributed by atoms with Gasteiger partial charge < -0.3 is 15.6 Å². The molecule has 0 aromatic rings. The summed E-state index contributed by atoms with van der Waals surface area (Å²) in [5.41, 5.74) is 5.09. The van der Waals surface area contributed by atoms with Crippen LogP contribution in [0.1, 0.15) is 53.4 Å². The fourth-order valence-corrected chi connectivity index (χ4v) is 4.67. The summed E-state index contributed by atoms with van der Waals surface area (Å²) in [6.45, 7) is 16.4. The molecule has 2 unspecified atom stereocenters. The van der Waals surface area contributed by atoms with Crippen LogP contribution in [-0.2, 0) is 0 Å². The fraction of sp³-hybridized carbons (Fsp3) is 0.429. The molecule has 0 saturated carbocycles. The van der Waals surface area contributed by atoms with Crippen molar-refractivity contribution in [1.29, 1.82) is 10.8 Å². The van der Waals surface area contributed by atoms with Crippen molar-refractivity contribution in [2.24, 2.45) is 0 Å². The number of hydrogen-bond acceptors (Lipinski definition) is 3. The maximum absolute atomic E-state index is 8.51. The minimum atomic E-state index is 0.0693. The van der Waals surface area contributed by atoms with Gasteiger partial charge in [-0.05, 0) is 87.8 Å². The molecule has 3 N–H and O–H groups in total. The van der Waals surface area contributed by atoms with Crippen LogP contribution in [0.15, 0.2) is 84.1 Å². The van der Waals surface area contributed by atoms with E-state index in [0.717, 1.165) is 31.3 Å². The normalized spacial score (nSPS) is 24.7. The van der Waals surface area contributed by atoms with Crippen molar-refractivity contribution in [2.45, 2.75) is 71.0 Å². The summed E-state index contributed by atoms with van der Waals surface area (Å²) in [6, 6.07) is 0.751. The predicted molar refractivity (Wildman–Crippen MR) is 140 cm³/mol. The van der Waals surface area contributed by atoms with Crippen molar-refractivity contribution in [1.82, 2.24) is 10.2 Å². The lowest BCUT2D eigenvalue weighted by Crippen LogP contribution is -2.56. The molecule has 0 amide bonds. The number of nitrogens with one attached hydrogen (secondary N) is 3. The molecule has 4 heteroatoms. The molecular weight excluding hydrogens is 392 g/mol. The second kappa shape index (κ2) is 11.2. The largest absolute Gasteiger partial charge is 0.357 e. The van der Waals surface area contributed by atoms with Gasteiger partial charge in [0.05, 0.1) is 5.71 Å². The second-order valence-corrected chi connectivity index (χ2v) is 9.54. The van der Waals surface area contributed by atoms with Gasteiger partial charge in [-0.1, -0.05) is 43.0 Å². The third-order valence-corrected chi connectivity index (χ3v) is 6.24. The van der Waals surface area contributed by atoms with E-state index in [2.05, 4.69) is 58.3 Å². The molecule has 1 aliphatic carbocycles. The quantitative estimate of drug-likeness (QED) is 0.183. The van der Waals surface area contributed by atoms with Gasteiger partial charge in [0.1, 0.15) is 5.84 Å². The van der Waals surface area contributed by atoms with Crippen molar-refractivity contribution >= 4 is 11.5 Å². The third-order valence-electron chi connectivity index (χ3n) is 6.24. The highest BCUT2D eigenvalue weighted by Crippen LogP contribution is 2.27. The van der Waals surface area contributed by atoms with Gasteiger partial charge in [0.15, 0.2) is 0 Å². The Kier molecular flexibility index (Phi) is 8.97. The minimum Gasteiger partial charge on any atom is -0.357 e. The van der Waals surface area contributed by atoms with Crippen molar-refractivity contribution < 1.29 is 0 Å². The zero-order valence-corrected chi connectivity index (χ0v) is 20.5. The molecule has 0 spiro atoms. The molecule has 1 fully saturated rings. The highest BCUT2D eigenvalue weighted by Gasteiger charge is 2.33. The van der Waals surface area contributed by atoms with E-state index in [1.54, 1.807) is 12.2 Å². The lowest BCUT2D eigenvalue weighted by Gasteiger charge is -2.44. The van der Waals surface area contributed by atoms with Gasteiger partial charge in [0.25, 0.3) is 0 Å². The van der Waals surface area contributed by atoms with Gasteiger partial charge in [-0.3, -0.25) is 5.41 Å². The van der Waals surface area contributed by atoms with Crippen LogP contribution in [0.25, 0.3) is 0 Å². The van der Waals surface area contributed by atoms with Gasteiger partial charge in [0.2, 0.25) is 0 Å². The van der Waals surface area contributed by atoms with Crippen LogP contribution in [-0.4, -0.2) is 41.1 Å². The summed E-state index contributed by atoms with van der Waals surface area (Å²) in [5, 5.41) is 20.6. The molecule has 4 nitrogen and oxygen atoms in total. The molecule has 0 aromatic carbocycles. The summed E-state index contributed by atoms with van der Waals surface area (Å²) in [5.74, 6) is 0.448. The van der Waals surface area contributed by atoms with E-state index in [1.807, 2.05) is 36.3 Å². The minimum absolute atomic E-state index is 0.0693. The molecule has 172 valence electrons. The molecule has 32 heavy (non-hydrogen) atoms. The van der Waals surface area contributed by atoms with Gasteiger partial charge >= 0.3 is 0 Å². The van der Waals surface area contributed by atoms with E-state index in [4.69, 9.17) is 10.8 Å². The zero-order valence-electron chi connectivity index (χ0n) is 20.5. The Labute approximate surface area is 194 Å². The van der Waals surface area contributed by atoms with Gasteiger partial charge in [-0.25, -0.2) is 0 Å². The van der Waals surface area contributed by atoms with Crippen LogP contribution in [0, 0.1) is 10.8 Å². The molecule has 1 saturated heterocycles. The van der Waals surface area contributed by atoms with Crippen molar-refractivity contribution in [3.05, 3.63) is 84.1 Å². The lowest BCUT2D eigenvalue weighted by molar-refractivity contribution is 0.164. The third kappa shape index (κ3) is 6.89. The highest BCUT2D eigenvalue weighted by atomic mass is 15.2. The Morgan fingerprint density at radius 3 is 2.53 bits per heavy atom. The Hall–Kier alpha value is -2.72. The van der Waals surface area contributed by atoms with Crippen molar-refractivity contribution in [3.63, 3.8) is 0 Å². The number of allylic oxidation sites excluding steroid dienone is 11. The number of likely N-dealkylation sites (N-methyl/N-ethyl adjacent to an activating group) is 1. The maximum atomic E-state index is 8.51. The summed E-state index contributed by atoms with van der Waals surface area (Å²) in [4.78, 5) is 2.05. The molecule has 2 atom stereocenters. The first-order chi connectivity index (χ1) is 15.1. The molecule has 2 aliphatic rings. The van der Waals surface area contributed by atoms with Crippen LogP contribution < -0.4 is 5.32 Å². The smallest absolute Gasteiger partial charge is 0.120 e. The van der Waals surface area contributed by atoms with Crippen LogP contribution in [0.4, 0.5) is 0 Å². The summed E-state index contributed by atoms with van der Waals surface area (Å²) in [7, 11) is 1.99. The number of amidine groups is 1. The van der Waals surface area contributed by atoms with Crippen LogP contribution >= 0.6 is 0 Å². The summed E-state index contributed by atoms with van der Waals surface area (Å²) in [6.07, 6.45) is 19.1. The van der Waals surface area contributed by atoms with Crippen molar-refractivity contribution in [2.75, 3.05) is 7.05 Å². The Morgan fingerprint density at radius 1 is 1.25 bits per heavy atom. The number of hydrogen-bond donors (Lipinski definition) is 3. The summed E-state index contributed by atoms with van der Waals surface area (Å²) >= 11 is 0. The van der Waals surface area contributed by atoms with Crippen LogP contribution in [0.2, 0.25) is 0 Å². The molecule has 2 rings (SSSR count). The molecule has 1 heterocycles.